The molecule has 3 heterocycles. The molecule has 5 nitrogen and oxygen atoms in total. The lowest BCUT2D eigenvalue weighted by molar-refractivity contribution is -0.134. The number of halogens is 1. The fraction of sp³-hybridized carbons (Fsp3) is 0.320. The van der Waals surface area contributed by atoms with Crippen LogP contribution in [0.1, 0.15) is 29.7 Å². The van der Waals surface area contributed by atoms with Crippen molar-refractivity contribution in [3.63, 3.8) is 0 Å². The van der Waals surface area contributed by atoms with Crippen molar-refractivity contribution in [1.82, 2.24) is 9.47 Å². The van der Waals surface area contributed by atoms with E-state index in [4.69, 9.17) is 4.74 Å². The monoisotopic (exact) mass is 419 g/mol. The number of hydrogen-bond donors (Lipinski definition) is 1. The Morgan fingerprint density at radius 3 is 2.58 bits per heavy atom. The number of nitrogens with one attached hydrogen (secondary N) is 1. The van der Waals surface area contributed by atoms with E-state index in [1.54, 1.807) is 0 Å². The molecule has 0 unspecified atom stereocenters. The van der Waals surface area contributed by atoms with Crippen LogP contribution in [0.15, 0.2) is 54.7 Å². The zero-order chi connectivity index (χ0) is 21.6. The van der Waals surface area contributed by atoms with Crippen LogP contribution in [-0.2, 0) is 10.3 Å². The Morgan fingerprint density at radius 2 is 1.84 bits per heavy atom. The van der Waals surface area contributed by atoms with Gasteiger partial charge in [0, 0.05) is 25.0 Å². The van der Waals surface area contributed by atoms with Crippen molar-refractivity contribution in [1.29, 1.82) is 0 Å². The molecule has 3 aromatic rings. The highest BCUT2D eigenvalue weighted by Crippen LogP contribution is 2.44. The molecule has 1 N–H and O–H groups in total. The molecular formula is C25H26FN3O2. The van der Waals surface area contributed by atoms with Gasteiger partial charge in [0.2, 0.25) is 0 Å². The molecule has 0 atom stereocenters. The normalized spacial score (nSPS) is 16.4. The highest BCUT2D eigenvalue weighted by Gasteiger charge is 2.42. The number of nitrogens with zero attached hydrogens (tertiary/aromatic N) is 2. The van der Waals surface area contributed by atoms with Gasteiger partial charge in [-0.15, -0.1) is 0 Å². The molecule has 0 aliphatic carbocycles. The van der Waals surface area contributed by atoms with Crippen LogP contribution >= 0.6 is 0 Å². The Hall–Kier alpha value is -3.28. The summed E-state index contributed by atoms with van der Waals surface area (Å²) in [5.74, 6) is 0.131. The first-order valence-corrected chi connectivity index (χ1v) is 10.7. The van der Waals surface area contributed by atoms with Crippen molar-refractivity contribution in [3.05, 3.63) is 77.4 Å². The predicted molar refractivity (Wildman–Crippen MR) is 118 cm³/mol. The molecule has 0 bridgehead atoms. The van der Waals surface area contributed by atoms with Crippen LogP contribution < -0.4 is 10.1 Å². The molecule has 1 amide bonds. The number of carbonyl (C=O) groups is 1. The SMILES string of the molecule is Cc1ccc2c(c1C)-n1cccc1C1(CCN(C(=O)COc3ccc(F)cc3)CC1)N2. The number of aromatic nitrogens is 1. The Bertz CT molecular complexity index is 1130. The van der Waals surface area contributed by atoms with Gasteiger partial charge < -0.3 is 19.5 Å². The van der Waals surface area contributed by atoms with E-state index in [-0.39, 0.29) is 23.9 Å². The average molecular weight is 420 g/mol. The van der Waals surface area contributed by atoms with Crippen LogP contribution in [0.3, 0.4) is 0 Å². The third-order valence-electron chi connectivity index (χ3n) is 6.70. The molecule has 5 rings (SSSR count). The third kappa shape index (κ3) is 3.36. The summed E-state index contributed by atoms with van der Waals surface area (Å²) in [6.45, 7) is 5.58. The highest BCUT2D eigenvalue weighted by molar-refractivity contribution is 5.78. The van der Waals surface area contributed by atoms with Crippen molar-refractivity contribution < 1.29 is 13.9 Å². The van der Waals surface area contributed by atoms with Crippen LogP contribution in [0.25, 0.3) is 5.69 Å². The molecule has 0 saturated carbocycles. The van der Waals surface area contributed by atoms with Gasteiger partial charge in [0.25, 0.3) is 5.91 Å². The first-order valence-electron chi connectivity index (χ1n) is 10.7. The van der Waals surface area contributed by atoms with E-state index in [2.05, 4.69) is 54.2 Å². The lowest BCUT2D eigenvalue weighted by atomic mass is 9.82. The molecule has 2 aliphatic heterocycles. The van der Waals surface area contributed by atoms with E-state index < -0.39 is 0 Å². The van der Waals surface area contributed by atoms with E-state index >= 15 is 0 Å². The zero-order valence-electron chi connectivity index (χ0n) is 17.8. The molecule has 1 spiro atoms. The lowest BCUT2D eigenvalue weighted by Crippen LogP contribution is -2.51. The highest BCUT2D eigenvalue weighted by atomic mass is 19.1. The fourth-order valence-electron chi connectivity index (χ4n) is 4.79. The van der Waals surface area contributed by atoms with Crippen LogP contribution in [0, 0.1) is 19.7 Å². The maximum Gasteiger partial charge on any atom is 0.260 e. The molecule has 2 aromatic carbocycles. The minimum Gasteiger partial charge on any atom is -0.484 e. The largest absolute Gasteiger partial charge is 0.484 e. The quantitative estimate of drug-likeness (QED) is 0.677. The first-order chi connectivity index (χ1) is 15.0. The summed E-state index contributed by atoms with van der Waals surface area (Å²) in [6, 6.07) is 14.3. The minimum absolute atomic E-state index is 0.0380. The van der Waals surface area contributed by atoms with E-state index in [9.17, 15) is 9.18 Å². The van der Waals surface area contributed by atoms with Gasteiger partial charge in [-0.05, 0) is 80.3 Å². The van der Waals surface area contributed by atoms with Gasteiger partial charge in [-0.3, -0.25) is 4.79 Å². The van der Waals surface area contributed by atoms with E-state index in [0.717, 1.165) is 18.5 Å². The van der Waals surface area contributed by atoms with Gasteiger partial charge in [-0.2, -0.15) is 0 Å². The number of ether oxygens (including phenoxy) is 1. The third-order valence-corrected chi connectivity index (χ3v) is 6.70. The number of rotatable bonds is 3. The van der Waals surface area contributed by atoms with Crippen LogP contribution in [-0.4, -0.2) is 35.1 Å². The standard InChI is InChI=1S/C25H26FN3O2/c1-17-5-10-21-24(18(17)2)29-13-3-4-22(29)25(27-21)11-14-28(15-12-25)23(30)16-31-20-8-6-19(26)7-9-20/h3-10,13,27H,11-12,14-16H2,1-2H3. The van der Waals surface area contributed by atoms with Gasteiger partial charge >= 0.3 is 0 Å². The van der Waals surface area contributed by atoms with E-state index in [1.165, 1.54) is 46.8 Å². The van der Waals surface area contributed by atoms with Gasteiger partial charge in [0.15, 0.2) is 6.61 Å². The summed E-state index contributed by atoms with van der Waals surface area (Å²) in [4.78, 5) is 14.5. The summed E-state index contributed by atoms with van der Waals surface area (Å²) in [7, 11) is 0. The van der Waals surface area contributed by atoms with Crippen LogP contribution in [0.2, 0.25) is 0 Å². The molecule has 1 saturated heterocycles. The predicted octanol–water partition coefficient (Wildman–Crippen LogP) is 4.56. The number of hydrogen-bond acceptors (Lipinski definition) is 3. The second-order valence-corrected chi connectivity index (χ2v) is 8.50. The van der Waals surface area contributed by atoms with Crippen molar-refractivity contribution in [2.24, 2.45) is 0 Å². The summed E-state index contributed by atoms with van der Waals surface area (Å²) in [5, 5.41) is 3.82. The number of piperidine rings is 1. The smallest absolute Gasteiger partial charge is 0.260 e. The Morgan fingerprint density at radius 1 is 1.10 bits per heavy atom. The number of amides is 1. The number of fused-ring (bicyclic) bond motifs is 4. The Kier molecular flexibility index (Phi) is 4.73. The molecule has 1 aromatic heterocycles. The molecule has 6 heteroatoms. The number of anilines is 1. The topological polar surface area (TPSA) is 46.5 Å². The zero-order valence-corrected chi connectivity index (χ0v) is 17.8. The fourth-order valence-corrected chi connectivity index (χ4v) is 4.79. The van der Waals surface area contributed by atoms with Crippen molar-refractivity contribution in [2.75, 3.05) is 25.0 Å². The van der Waals surface area contributed by atoms with Gasteiger partial charge in [-0.1, -0.05) is 6.07 Å². The molecule has 31 heavy (non-hydrogen) atoms. The molecular weight excluding hydrogens is 393 g/mol. The number of likely N-dealkylation sites (tertiary alicyclic amines) is 1. The molecule has 160 valence electrons. The lowest BCUT2D eigenvalue weighted by Gasteiger charge is -2.46. The number of benzene rings is 2. The van der Waals surface area contributed by atoms with Crippen molar-refractivity contribution in [3.8, 4) is 11.4 Å². The minimum atomic E-state index is -0.323. The second kappa shape index (κ2) is 7.45. The van der Waals surface area contributed by atoms with Crippen molar-refractivity contribution >= 4 is 11.6 Å². The maximum absolute atomic E-state index is 13.0. The summed E-state index contributed by atoms with van der Waals surface area (Å²) in [5.41, 5.74) is 5.99. The van der Waals surface area contributed by atoms with Gasteiger partial charge in [-0.25, -0.2) is 4.39 Å². The Labute approximate surface area is 181 Å². The van der Waals surface area contributed by atoms with Gasteiger partial charge in [0.1, 0.15) is 11.6 Å². The Balaban J connectivity index is 1.30. The summed E-state index contributed by atoms with van der Waals surface area (Å²) >= 11 is 0. The first kappa shape index (κ1) is 19.7. The summed E-state index contributed by atoms with van der Waals surface area (Å²) in [6.07, 6.45) is 3.79. The van der Waals surface area contributed by atoms with E-state index in [1.807, 2.05) is 4.90 Å². The average Bonchev–Trinajstić information content (AvgIpc) is 3.27. The molecule has 2 aliphatic rings. The van der Waals surface area contributed by atoms with Crippen LogP contribution in [0.5, 0.6) is 5.75 Å². The second-order valence-electron chi connectivity index (χ2n) is 8.50. The van der Waals surface area contributed by atoms with Crippen molar-refractivity contribution in [2.45, 2.75) is 32.2 Å². The summed E-state index contributed by atoms with van der Waals surface area (Å²) < 4.78 is 20.9. The van der Waals surface area contributed by atoms with Gasteiger partial charge in [0.05, 0.1) is 16.9 Å². The maximum atomic E-state index is 13.0. The number of carbonyl (C=O) groups excluding carboxylic acids is 1. The van der Waals surface area contributed by atoms with E-state index in [0.29, 0.717) is 18.8 Å². The number of aryl methyl sites for hydroxylation is 1. The molecule has 0 radical (unpaired) electrons. The van der Waals surface area contributed by atoms with Crippen LogP contribution in [0.4, 0.5) is 10.1 Å². The molecule has 1 fully saturated rings.